The van der Waals surface area contributed by atoms with E-state index in [1.54, 1.807) is 30.5 Å². The minimum atomic E-state index is -0.856. The number of nitrogens with zero attached hydrogens (tertiary/aromatic N) is 2. The predicted octanol–water partition coefficient (Wildman–Crippen LogP) is 5.57. The van der Waals surface area contributed by atoms with Gasteiger partial charge in [0.1, 0.15) is 17.2 Å². The number of fused-ring (bicyclic) bond motifs is 2. The molecular weight excluding hydrogens is 463 g/mol. The normalized spacial score (nSPS) is 14.8. The molecule has 0 fully saturated rings. The molecular formula is C28H25FN2O5. The van der Waals surface area contributed by atoms with Crippen molar-refractivity contribution >= 4 is 22.7 Å². The van der Waals surface area contributed by atoms with E-state index in [1.165, 1.54) is 17.0 Å². The number of hydrogen-bond acceptors (Lipinski definition) is 6. The third-order valence-corrected chi connectivity index (χ3v) is 6.03. The molecule has 2 aromatic carbocycles. The Bertz CT molecular complexity index is 1530. The second-order valence-corrected chi connectivity index (χ2v) is 8.57. The predicted molar refractivity (Wildman–Crippen MR) is 133 cm³/mol. The number of aryl methyl sites for hydroxylation is 1. The van der Waals surface area contributed by atoms with Crippen LogP contribution < -0.4 is 19.8 Å². The number of ether oxygens (including phenoxy) is 2. The first-order chi connectivity index (χ1) is 17.4. The van der Waals surface area contributed by atoms with Gasteiger partial charge in [-0.1, -0.05) is 13.0 Å². The van der Waals surface area contributed by atoms with Crippen molar-refractivity contribution in [2.45, 2.75) is 33.2 Å². The summed E-state index contributed by atoms with van der Waals surface area (Å²) >= 11 is 0. The Labute approximate surface area is 207 Å². The number of rotatable bonds is 7. The molecule has 184 valence electrons. The summed E-state index contributed by atoms with van der Waals surface area (Å²) in [5.41, 5.74) is 1.31. The molecule has 5 rings (SSSR count). The van der Waals surface area contributed by atoms with E-state index in [1.807, 2.05) is 26.8 Å². The quantitative estimate of drug-likeness (QED) is 0.338. The third-order valence-electron chi connectivity index (χ3n) is 6.03. The van der Waals surface area contributed by atoms with Gasteiger partial charge in [-0.25, -0.2) is 9.37 Å². The highest BCUT2D eigenvalue weighted by atomic mass is 19.1. The smallest absolute Gasteiger partial charge is 0.296 e. The Hall–Kier alpha value is -4.20. The molecule has 4 aromatic rings. The minimum absolute atomic E-state index is 0.0681. The monoisotopic (exact) mass is 488 g/mol. The molecule has 2 aromatic heterocycles. The third kappa shape index (κ3) is 3.98. The highest BCUT2D eigenvalue weighted by Gasteiger charge is 2.44. The van der Waals surface area contributed by atoms with Crippen molar-refractivity contribution in [3.8, 4) is 11.5 Å². The van der Waals surface area contributed by atoms with Gasteiger partial charge < -0.3 is 13.9 Å². The fourth-order valence-electron chi connectivity index (χ4n) is 4.44. The van der Waals surface area contributed by atoms with E-state index in [2.05, 4.69) is 4.98 Å². The molecule has 1 aliphatic rings. The van der Waals surface area contributed by atoms with Crippen LogP contribution >= 0.6 is 0 Å². The highest BCUT2D eigenvalue weighted by Crippen LogP contribution is 2.43. The van der Waals surface area contributed by atoms with E-state index < -0.39 is 23.2 Å². The topological polar surface area (TPSA) is 81.9 Å². The average molecular weight is 489 g/mol. The summed E-state index contributed by atoms with van der Waals surface area (Å²) in [4.78, 5) is 33.2. The van der Waals surface area contributed by atoms with Gasteiger partial charge in [0.25, 0.3) is 5.91 Å². The number of anilines is 1. The molecule has 8 heteroatoms. The van der Waals surface area contributed by atoms with Crippen LogP contribution in [0.1, 0.15) is 53.6 Å². The van der Waals surface area contributed by atoms with Crippen LogP contribution in [-0.4, -0.2) is 24.1 Å². The fourth-order valence-corrected chi connectivity index (χ4v) is 4.44. The number of aromatic nitrogens is 1. The van der Waals surface area contributed by atoms with Gasteiger partial charge in [-0.2, -0.15) is 0 Å². The summed E-state index contributed by atoms with van der Waals surface area (Å²) < 4.78 is 31.6. The van der Waals surface area contributed by atoms with Gasteiger partial charge in [-0.3, -0.25) is 14.5 Å². The summed E-state index contributed by atoms with van der Waals surface area (Å²) in [6, 6.07) is 11.7. The van der Waals surface area contributed by atoms with E-state index in [-0.39, 0.29) is 22.3 Å². The maximum absolute atomic E-state index is 14.0. The number of benzene rings is 2. The minimum Gasteiger partial charge on any atom is -0.490 e. The van der Waals surface area contributed by atoms with Gasteiger partial charge in [0.05, 0.1) is 30.2 Å². The molecule has 0 saturated heterocycles. The Morgan fingerprint density at radius 1 is 1.03 bits per heavy atom. The number of pyridine rings is 1. The first kappa shape index (κ1) is 23.5. The Kier molecular flexibility index (Phi) is 6.18. The largest absolute Gasteiger partial charge is 0.490 e. The second kappa shape index (κ2) is 9.45. The number of carbonyl (C=O) groups excluding carboxylic acids is 1. The van der Waals surface area contributed by atoms with Crippen LogP contribution in [0.5, 0.6) is 11.5 Å². The van der Waals surface area contributed by atoms with Crippen molar-refractivity contribution in [1.29, 1.82) is 0 Å². The zero-order chi connectivity index (χ0) is 25.4. The van der Waals surface area contributed by atoms with Crippen LogP contribution in [0.2, 0.25) is 0 Å². The van der Waals surface area contributed by atoms with Crippen LogP contribution in [-0.2, 0) is 0 Å². The molecule has 36 heavy (non-hydrogen) atoms. The SMILES string of the molecule is CCCOc1ccc(C2c3c(oc4ccc(F)cc4c3=O)C(=O)N2c2cc(C)ccn2)cc1OCC. The number of hydrogen-bond donors (Lipinski definition) is 0. The lowest BCUT2D eigenvalue weighted by Gasteiger charge is -2.25. The van der Waals surface area contributed by atoms with Crippen molar-refractivity contribution in [3.63, 3.8) is 0 Å². The van der Waals surface area contributed by atoms with Gasteiger partial charge in [-0.15, -0.1) is 0 Å². The maximum Gasteiger partial charge on any atom is 0.296 e. The van der Waals surface area contributed by atoms with Gasteiger partial charge in [0, 0.05) is 6.20 Å². The van der Waals surface area contributed by atoms with Gasteiger partial charge >= 0.3 is 0 Å². The Morgan fingerprint density at radius 2 is 1.86 bits per heavy atom. The van der Waals surface area contributed by atoms with Gasteiger partial charge in [-0.05, 0) is 73.9 Å². The van der Waals surface area contributed by atoms with Crippen molar-refractivity contribution in [2.24, 2.45) is 0 Å². The van der Waals surface area contributed by atoms with E-state index in [4.69, 9.17) is 13.9 Å². The molecule has 7 nitrogen and oxygen atoms in total. The first-order valence-electron chi connectivity index (χ1n) is 11.8. The molecule has 0 N–H and O–H groups in total. The Morgan fingerprint density at radius 3 is 2.61 bits per heavy atom. The summed E-state index contributed by atoms with van der Waals surface area (Å²) in [5, 5.41) is 0.0681. The lowest BCUT2D eigenvalue weighted by molar-refractivity contribution is 0.0970. The Balaban J connectivity index is 1.76. The maximum atomic E-state index is 14.0. The van der Waals surface area contributed by atoms with Crippen molar-refractivity contribution in [1.82, 2.24) is 4.98 Å². The van der Waals surface area contributed by atoms with Gasteiger partial charge in [0.15, 0.2) is 16.9 Å². The molecule has 0 spiro atoms. The first-order valence-corrected chi connectivity index (χ1v) is 11.8. The zero-order valence-corrected chi connectivity index (χ0v) is 20.2. The van der Waals surface area contributed by atoms with Crippen molar-refractivity contribution in [3.05, 3.63) is 93.2 Å². The van der Waals surface area contributed by atoms with Crippen LogP contribution in [0.3, 0.4) is 0 Å². The second-order valence-electron chi connectivity index (χ2n) is 8.57. The van der Waals surface area contributed by atoms with Gasteiger partial charge in [0.2, 0.25) is 5.76 Å². The van der Waals surface area contributed by atoms with Crippen LogP contribution in [0.4, 0.5) is 10.2 Å². The number of carbonyl (C=O) groups is 1. The lowest BCUT2D eigenvalue weighted by Crippen LogP contribution is -2.30. The van der Waals surface area contributed by atoms with E-state index >= 15 is 0 Å². The van der Waals surface area contributed by atoms with Crippen molar-refractivity contribution in [2.75, 3.05) is 18.1 Å². The molecule has 0 saturated carbocycles. The molecule has 1 unspecified atom stereocenters. The molecule has 0 bridgehead atoms. The molecule has 1 amide bonds. The summed E-state index contributed by atoms with van der Waals surface area (Å²) in [7, 11) is 0. The van der Waals surface area contributed by atoms with Crippen LogP contribution in [0.25, 0.3) is 11.0 Å². The lowest BCUT2D eigenvalue weighted by atomic mass is 9.98. The molecule has 1 aliphatic heterocycles. The van der Waals surface area contributed by atoms with E-state index in [0.717, 1.165) is 18.1 Å². The number of amides is 1. The zero-order valence-electron chi connectivity index (χ0n) is 20.2. The average Bonchev–Trinajstić information content (AvgIpc) is 3.16. The highest BCUT2D eigenvalue weighted by molar-refractivity contribution is 6.10. The van der Waals surface area contributed by atoms with Crippen LogP contribution in [0.15, 0.2) is 63.9 Å². The fraction of sp³-hybridized carbons (Fsp3) is 0.250. The molecule has 3 heterocycles. The standard InChI is InChI=1S/C28H25FN2O5/c1-4-12-35-21-8-6-17(14-22(21)34-5-2)25-24-26(32)19-15-18(29)7-9-20(19)36-27(24)28(33)31(25)23-13-16(3)10-11-30-23/h6-11,13-15,25H,4-5,12H2,1-3H3. The van der Waals surface area contributed by atoms with Crippen LogP contribution in [0, 0.1) is 12.7 Å². The van der Waals surface area contributed by atoms with E-state index in [9.17, 15) is 14.0 Å². The molecule has 0 aliphatic carbocycles. The molecule has 1 atom stereocenters. The summed E-state index contributed by atoms with van der Waals surface area (Å²) in [6.45, 7) is 6.69. The number of halogens is 1. The summed E-state index contributed by atoms with van der Waals surface area (Å²) in [6.07, 6.45) is 2.43. The summed E-state index contributed by atoms with van der Waals surface area (Å²) in [5.74, 6) is 0.286. The van der Waals surface area contributed by atoms with E-state index in [0.29, 0.717) is 36.1 Å². The molecule has 0 radical (unpaired) electrons. The van der Waals surface area contributed by atoms with Crippen molar-refractivity contribution < 1.29 is 23.1 Å².